The van der Waals surface area contributed by atoms with Crippen LogP contribution in [0, 0.1) is 13.8 Å². The molecule has 0 unspecified atom stereocenters. The Bertz CT molecular complexity index is 656. The third kappa shape index (κ3) is 3.05. The molecule has 0 saturated heterocycles. The summed E-state index contributed by atoms with van der Waals surface area (Å²) in [4.78, 5) is 4.77. The number of hydrogen-bond acceptors (Lipinski definition) is 4. The first-order valence-electron chi connectivity index (χ1n) is 6.20. The summed E-state index contributed by atoms with van der Waals surface area (Å²) < 4.78 is 5.24. The summed E-state index contributed by atoms with van der Waals surface area (Å²) in [6.07, 6.45) is 0. The molecule has 0 aliphatic carbocycles. The number of nitrogens with two attached hydrogens (primary N) is 1. The Morgan fingerprint density at radius 2 is 1.95 bits per heavy atom. The van der Waals surface area contributed by atoms with Gasteiger partial charge in [-0.15, -0.1) is 0 Å². The smallest absolute Gasteiger partial charge is 0.120 e. The van der Waals surface area contributed by atoms with E-state index in [2.05, 4.69) is 10.3 Å². The fraction of sp³-hybridized carbons (Fsp3) is 0.200. The lowest BCUT2D eigenvalue weighted by Crippen LogP contribution is -2.12. The second-order valence-corrected chi connectivity index (χ2v) is 4.93. The van der Waals surface area contributed by atoms with Crippen LogP contribution in [0.25, 0.3) is 0 Å². The minimum absolute atomic E-state index is 0.341. The van der Waals surface area contributed by atoms with Crippen LogP contribution in [0.3, 0.4) is 0 Å². The number of thiocarbonyl (C=S) groups is 1. The topological polar surface area (TPSA) is 60.2 Å². The van der Waals surface area contributed by atoms with E-state index in [1.807, 2.05) is 44.2 Å². The van der Waals surface area contributed by atoms with Crippen LogP contribution in [0.4, 0.5) is 11.4 Å². The standard InChI is InChI=1S/C15H17N3OS/c1-9-4-7-13(10(2)17-9)18-14-8-11(19-3)5-6-12(14)15(16)20/h4-8,18H,1-3H3,(H2,16,20). The molecule has 1 aromatic heterocycles. The molecule has 0 atom stereocenters. The van der Waals surface area contributed by atoms with E-state index in [1.54, 1.807) is 7.11 Å². The van der Waals surface area contributed by atoms with Gasteiger partial charge >= 0.3 is 0 Å². The molecular formula is C15H17N3OS. The van der Waals surface area contributed by atoms with Crippen molar-refractivity contribution >= 4 is 28.6 Å². The summed E-state index contributed by atoms with van der Waals surface area (Å²) in [6.45, 7) is 3.92. The van der Waals surface area contributed by atoms with Crippen LogP contribution in [0.15, 0.2) is 30.3 Å². The lowest BCUT2D eigenvalue weighted by atomic mass is 10.1. The van der Waals surface area contributed by atoms with E-state index in [9.17, 15) is 0 Å². The fourth-order valence-electron chi connectivity index (χ4n) is 1.93. The molecule has 5 heteroatoms. The van der Waals surface area contributed by atoms with Crippen LogP contribution < -0.4 is 15.8 Å². The number of hydrogen-bond donors (Lipinski definition) is 2. The molecule has 0 aliphatic heterocycles. The number of aromatic nitrogens is 1. The monoisotopic (exact) mass is 287 g/mol. The number of methoxy groups -OCH3 is 1. The van der Waals surface area contributed by atoms with Crippen molar-refractivity contribution in [3.63, 3.8) is 0 Å². The fourth-order valence-corrected chi connectivity index (χ4v) is 2.11. The predicted octanol–water partition coefficient (Wildman–Crippen LogP) is 3.08. The molecule has 0 saturated carbocycles. The summed E-state index contributed by atoms with van der Waals surface area (Å²) in [5.74, 6) is 0.741. The molecule has 0 radical (unpaired) electrons. The van der Waals surface area contributed by atoms with Crippen LogP contribution in [0.2, 0.25) is 0 Å². The number of pyridine rings is 1. The zero-order valence-corrected chi connectivity index (χ0v) is 12.5. The first-order chi connectivity index (χ1) is 9.51. The molecular weight excluding hydrogens is 270 g/mol. The number of aryl methyl sites for hydroxylation is 2. The molecule has 1 heterocycles. The molecule has 2 rings (SSSR count). The van der Waals surface area contributed by atoms with E-state index in [0.717, 1.165) is 34.1 Å². The maximum absolute atomic E-state index is 5.76. The van der Waals surface area contributed by atoms with Crippen LogP contribution in [0.5, 0.6) is 5.75 Å². The van der Waals surface area contributed by atoms with Crippen molar-refractivity contribution < 1.29 is 4.74 Å². The van der Waals surface area contributed by atoms with Gasteiger partial charge in [-0.2, -0.15) is 0 Å². The van der Waals surface area contributed by atoms with Gasteiger partial charge in [0.15, 0.2) is 0 Å². The van der Waals surface area contributed by atoms with E-state index in [-0.39, 0.29) is 0 Å². The molecule has 0 fully saturated rings. The van der Waals surface area contributed by atoms with E-state index in [1.165, 1.54) is 0 Å². The summed E-state index contributed by atoms with van der Waals surface area (Å²) in [7, 11) is 1.62. The average Bonchev–Trinajstić information content (AvgIpc) is 2.41. The summed E-state index contributed by atoms with van der Waals surface area (Å²) in [5.41, 5.74) is 10.2. The van der Waals surface area contributed by atoms with Gasteiger partial charge in [-0.05, 0) is 38.1 Å². The van der Waals surface area contributed by atoms with Crippen molar-refractivity contribution in [1.82, 2.24) is 4.98 Å². The zero-order chi connectivity index (χ0) is 14.7. The van der Waals surface area contributed by atoms with Crippen molar-refractivity contribution in [1.29, 1.82) is 0 Å². The van der Waals surface area contributed by atoms with E-state index in [4.69, 9.17) is 22.7 Å². The molecule has 4 nitrogen and oxygen atoms in total. The molecule has 3 N–H and O–H groups in total. The largest absolute Gasteiger partial charge is 0.497 e. The van der Waals surface area contributed by atoms with Gasteiger partial charge in [0.05, 0.1) is 24.2 Å². The second kappa shape index (κ2) is 5.88. The summed E-state index contributed by atoms with van der Waals surface area (Å²) in [6, 6.07) is 9.49. The minimum atomic E-state index is 0.341. The Balaban J connectivity index is 2.43. The van der Waals surface area contributed by atoms with Crippen LogP contribution in [-0.4, -0.2) is 17.1 Å². The first-order valence-corrected chi connectivity index (χ1v) is 6.61. The van der Waals surface area contributed by atoms with Crippen LogP contribution >= 0.6 is 12.2 Å². The number of rotatable bonds is 4. The molecule has 20 heavy (non-hydrogen) atoms. The molecule has 104 valence electrons. The van der Waals surface area contributed by atoms with Gasteiger partial charge in [-0.1, -0.05) is 12.2 Å². The first kappa shape index (κ1) is 14.3. The van der Waals surface area contributed by atoms with E-state index < -0.39 is 0 Å². The maximum atomic E-state index is 5.76. The summed E-state index contributed by atoms with van der Waals surface area (Å²) in [5, 5.41) is 3.31. The molecule has 0 aliphatic rings. The molecule has 0 amide bonds. The highest BCUT2D eigenvalue weighted by atomic mass is 32.1. The lowest BCUT2D eigenvalue weighted by molar-refractivity contribution is 0.415. The number of ether oxygens (including phenoxy) is 1. The van der Waals surface area contributed by atoms with Gasteiger partial charge in [0.25, 0.3) is 0 Å². The van der Waals surface area contributed by atoms with Crippen LogP contribution in [-0.2, 0) is 0 Å². The van der Waals surface area contributed by atoms with Gasteiger partial charge in [-0.25, -0.2) is 0 Å². The lowest BCUT2D eigenvalue weighted by Gasteiger charge is -2.14. The molecule has 2 aromatic rings. The third-order valence-corrected chi connectivity index (χ3v) is 3.21. The van der Waals surface area contributed by atoms with Gasteiger partial charge < -0.3 is 15.8 Å². The van der Waals surface area contributed by atoms with E-state index >= 15 is 0 Å². The molecule has 0 spiro atoms. The number of anilines is 2. The Labute approximate surface area is 124 Å². The normalized spacial score (nSPS) is 10.2. The van der Waals surface area contributed by atoms with Gasteiger partial charge in [0.2, 0.25) is 0 Å². The predicted molar refractivity (Wildman–Crippen MR) is 85.9 cm³/mol. The highest BCUT2D eigenvalue weighted by Crippen LogP contribution is 2.27. The minimum Gasteiger partial charge on any atom is -0.497 e. The number of nitrogens with zero attached hydrogens (tertiary/aromatic N) is 1. The maximum Gasteiger partial charge on any atom is 0.120 e. The second-order valence-electron chi connectivity index (χ2n) is 4.49. The van der Waals surface area contributed by atoms with Crippen LogP contribution in [0.1, 0.15) is 17.0 Å². The van der Waals surface area contributed by atoms with Crippen molar-refractivity contribution in [2.45, 2.75) is 13.8 Å². The molecule has 1 aromatic carbocycles. The average molecular weight is 287 g/mol. The van der Waals surface area contributed by atoms with Gasteiger partial charge in [0, 0.05) is 17.3 Å². The zero-order valence-electron chi connectivity index (χ0n) is 11.7. The SMILES string of the molecule is COc1ccc(C(N)=S)c(Nc2ccc(C)nc2C)c1. The van der Waals surface area contributed by atoms with E-state index in [0.29, 0.717) is 4.99 Å². The Hall–Kier alpha value is -2.14. The Kier molecular flexibility index (Phi) is 4.20. The summed E-state index contributed by atoms with van der Waals surface area (Å²) >= 11 is 5.08. The highest BCUT2D eigenvalue weighted by Gasteiger charge is 2.09. The Morgan fingerprint density at radius 1 is 1.20 bits per heavy atom. The van der Waals surface area contributed by atoms with Gasteiger partial charge in [-0.3, -0.25) is 4.98 Å². The highest BCUT2D eigenvalue weighted by molar-refractivity contribution is 7.80. The quantitative estimate of drug-likeness (QED) is 0.846. The van der Waals surface area contributed by atoms with Crippen molar-refractivity contribution in [3.8, 4) is 5.75 Å². The Morgan fingerprint density at radius 3 is 2.55 bits per heavy atom. The third-order valence-electron chi connectivity index (χ3n) is 2.99. The van der Waals surface area contributed by atoms with Crippen molar-refractivity contribution in [2.75, 3.05) is 12.4 Å². The molecule has 0 bridgehead atoms. The van der Waals surface area contributed by atoms with Crippen molar-refractivity contribution in [3.05, 3.63) is 47.3 Å². The van der Waals surface area contributed by atoms with Crippen molar-refractivity contribution in [2.24, 2.45) is 5.73 Å². The number of benzene rings is 1. The number of nitrogens with one attached hydrogen (secondary N) is 1. The van der Waals surface area contributed by atoms with Gasteiger partial charge in [0.1, 0.15) is 10.7 Å².